The monoisotopic (exact) mass is 419 g/mol. The van der Waals surface area contributed by atoms with E-state index in [2.05, 4.69) is 28.4 Å². The van der Waals surface area contributed by atoms with Crippen LogP contribution in [0.3, 0.4) is 0 Å². The molecule has 1 heterocycles. The number of morpholine rings is 1. The maximum atomic E-state index is 11.8. The summed E-state index contributed by atoms with van der Waals surface area (Å²) in [5.41, 5.74) is 7.51. The van der Waals surface area contributed by atoms with Gasteiger partial charge in [-0.15, -0.1) is 0 Å². The second kappa shape index (κ2) is 10.6. The largest absolute Gasteiger partial charge is 0.480 e. The second-order valence-corrected chi connectivity index (χ2v) is 8.55. The second-order valence-electron chi connectivity index (χ2n) is 8.55. The van der Waals surface area contributed by atoms with E-state index >= 15 is 0 Å². The van der Waals surface area contributed by atoms with Gasteiger partial charge in [0.2, 0.25) is 0 Å². The third kappa shape index (κ3) is 5.73. The molecule has 8 nitrogen and oxygen atoms in total. The number of nitrogens with zero attached hydrogens (tertiary/aromatic N) is 1. The molecule has 9 heteroatoms. The summed E-state index contributed by atoms with van der Waals surface area (Å²) in [5.74, 6) is -1.03. The molecule has 0 radical (unpaired) electrons. The highest BCUT2D eigenvalue weighted by atomic mass is 16.5. The summed E-state index contributed by atoms with van der Waals surface area (Å²) in [5, 5.41) is 31.1. The SMILES string of the molecule is NC(CCCCB(O)O)(C(=O)O)[C@H]1C[C@@H](NCc2ccccc2N2CCOCC2)C1. The van der Waals surface area contributed by atoms with Crippen LogP contribution in [0.2, 0.25) is 6.32 Å². The van der Waals surface area contributed by atoms with Gasteiger partial charge < -0.3 is 35.8 Å². The van der Waals surface area contributed by atoms with Crippen molar-refractivity contribution in [2.24, 2.45) is 11.7 Å². The van der Waals surface area contributed by atoms with Crippen LogP contribution in [0.1, 0.15) is 37.7 Å². The Balaban J connectivity index is 1.49. The van der Waals surface area contributed by atoms with E-state index in [1.807, 2.05) is 6.07 Å². The quantitative estimate of drug-likeness (QED) is 0.263. The van der Waals surface area contributed by atoms with Gasteiger partial charge in [-0.05, 0) is 43.1 Å². The van der Waals surface area contributed by atoms with Crippen molar-refractivity contribution in [1.82, 2.24) is 5.32 Å². The van der Waals surface area contributed by atoms with Crippen LogP contribution < -0.4 is 16.0 Å². The number of hydrogen-bond acceptors (Lipinski definition) is 7. The van der Waals surface area contributed by atoms with Gasteiger partial charge in [0.05, 0.1) is 13.2 Å². The van der Waals surface area contributed by atoms with Crippen LogP contribution in [0, 0.1) is 5.92 Å². The lowest BCUT2D eigenvalue weighted by atomic mass is 9.66. The molecular formula is C21H34BN3O5. The van der Waals surface area contributed by atoms with E-state index in [9.17, 15) is 9.90 Å². The summed E-state index contributed by atoms with van der Waals surface area (Å²) < 4.78 is 5.45. The number of ether oxygens (including phenoxy) is 1. The molecule has 0 aromatic heterocycles. The van der Waals surface area contributed by atoms with Gasteiger partial charge in [-0.3, -0.25) is 4.79 Å². The first kappa shape index (κ1) is 23.0. The Hall–Kier alpha value is -1.65. The summed E-state index contributed by atoms with van der Waals surface area (Å²) >= 11 is 0. The molecule has 0 bridgehead atoms. The van der Waals surface area contributed by atoms with Crippen LogP contribution >= 0.6 is 0 Å². The Morgan fingerprint density at radius 3 is 2.60 bits per heavy atom. The minimum atomic E-state index is -1.35. The zero-order valence-electron chi connectivity index (χ0n) is 17.5. The van der Waals surface area contributed by atoms with Crippen molar-refractivity contribution in [3.8, 4) is 0 Å². The minimum Gasteiger partial charge on any atom is -0.480 e. The molecule has 2 aliphatic rings. The Morgan fingerprint density at radius 1 is 1.23 bits per heavy atom. The van der Waals surface area contributed by atoms with Crippen molar-refractivity contribution in [1.29, 1.82) is 0 Å². The van der Waals surface area contributed by atoms with Crippen LogP contribution in [0.5, 0.6) is 0 Å². The topological polar surface area (TPSA) is 128 Å². The normalized spacial score (nSPS) is 23.5. The van der Waals surface area contributed by atoms with Gasteiger partial charge in [-0.2, -0.15) is 0 Å². The molecule has 1 aromatic carbocycles. The number of carbonyl (C=O) groups is 1. The Kier molecular flexibility index (Phi) is 8.13. The molecular weight excluding hydrogens is 385 g/mol. The fraction of sp³-hybridized carbons (Fsp3) is 0.667. The summed E-state index contributed by atoms with van der Waals surface area (Å²) in [6.45, 7) is 4.02. The predicted molar refractivity (Wildman–Crippen MR) is 116 cm³/mol. The van der Waals surface area contributed by atoms with Crippen LogP contribution in [0.25, 0.3) is 0 Å². The maximum absolute atomic E-state index is 11.8. The number of nitrogens with one attached hydrogen (secondary N) is 1. The van der Waals surface area contributed by atoms with Crippen molar-refractivity contribution in [2.75, 3.05) is 31.2 Å². The number of carboxylic acids is 1. The third-order valence-electron chi connectivity index (χ3n) is 6.49. The van der Waals surface area contributed by atoms with E-state index in [0.29, 0.717) is 19.3 Å². The summed E-state index contributed by atoms with van der Waals surface area (Å²) in [7, 11) is -1.35. The lowest BCUT2D eigenvalue weighted by Crippen LogP contribution is -2.61. The summed E-state index contributed by atoms with van der Waals surface area (Å²) in [6, 6.07) is 8.63. The number of carboxylic acid groups (broad SMARTS) is 1. The zero-order chi connectivity index (χ0) is 21.6. The van der Waals surface area contributed by atoms with Gasteiger partial charge in [0.25, 0.3) is 0 Å². The first-order valence-electron chi connectivity index (χ1n) is 10.9. The number of rotatable bonds is 11. The van der Waals surface area contributed by atoms with Crippen molar-refractivity contribution >= 4 is 18.8 Å². The highest BCUT2D eigenvalue weighted by Gasteiger charge is 2.48. The van der Waals surface area contributed by atoms with Crippen molar-refractivity contribution in [2.45, 2.75) is 56.5 Å². The first-order valence-corrected chi connectivity index (χ1v) is 10.9. The number of benzene rings is 1. The van der Waals surface area contributed by atoms with E-state index in [1.54, 1.807) is 0 Å². The average molecular weight is 419 g/mol. The molecule has 1 aromatic rings. The van der Waals surface area contributed by atoms with E-state index in [4.69, 9.17) is 20.5 Å². The number of anilines is 1. The van der Waals surface area contributed by atoms with E-state index in [0.717, 1.165) is 45.7 Å². The Labute approximate surface area is 178 Å². The molecule has 6 N–H and O–H groups in total. The maximum Gasteiger partial charge on any atom is 0.451 e. The van der Waals surface area contributed by atoms with E-state index in [1.165, 1.54) is 11.3 Å². The fourth-order valence-corrected chi connectivity index (χ4v) is 4.46. The first-order chi connectivity index (χ1) is 14.4. The number of nitrogens with two attached hydrogens (primary N) is 1. The van der Waals surface area contributed by atoms with E-state index in [-0.39, 0.29) is 18.3 Å². The summed E-state index contributed by atoms with van der Waals surface area (Å²) in [6.07, 6.45) is 3.20. The van der Waals surface area contributed by atoms with Crippen molar-refractivity contribution < 1.29 is 24.7 Å². The van der Waals surface area contributed by atoms with Crippen molar-refractivity contribution in [3.05, 3.63) is 29.8 Å². The molecule has 2 fully saturated rings. The number of hydrogen-bond donors (Lipinski definition) is 5. The molecule has 1 aliphatic heterocycles. The molecule has 0 amide bonds. The van der Waals surface area contributed by atoms with Crippen LogP contribution in [0.4, 0.5) is 5.69 Å². The number of aliphatic carboxylic acids is 1. The van der Waals surface area contributed by atoms with Gasteiger partial charge in [0.15, 0.2) is 0 Å². The molecule has 1 saturated carbocycles. The molecule has 30 heavy (non-hydrogen) atoms. The third-order valence-corrected chi connectivity index (χ3v) is 6.49. The highest BCUT2D eigenvalue weighted by molar-refractivity contribution is 6.40. The van der Waals surface area contributed by atoms with E-state index < -0.39 is 18.6 Å². The van der Waals surface area contributed by atoms with Gasteiger partial charge in [-0.1, -0.05) is 31.0 Å². The van der Waals surface area contributed by atoms with Crippen molar-refractivity contribution in [3.63, 3.8) is 0 Å². The van der Waals surface area contributed by atoms with Crippen LogP contribution in [0.15, 0.2) is 24.3 Å². The summed E-state index contributed by atoms with van der Waals surface area (Å²) in [4.78, 5) is 14.2. The smallest absolute Gasteiger partial charge is 0.451 e. The average Bonchev–Trinajstić information content (AvgIpc) is 2.70. The molecule has 3 rings (SSSR count). The zero-order valence-corrected chi connectivity index (χ0v) is 17.5. The number of para-hydroxylation sites is 1. The van der Waals surface area contributed by atoms with Gasteiger partial charge in [0, 0.05) is 31.4 Å². The van der Waals surface area contributed by atoms with Gasteiger partial charge >= 0.3 is 13.1 Å². The van der Waals surface area contributed by atoms with Gasteiger partial charge in [0.1, 0.15) is 5.54 Å². The standard InChI is InChI=1S/C21H34BN3O5/c23-21(20(26)27,7-3-4-8-22(28)29)17-13-18(14-17)24-15-16-5-1-2-6-19(16)25-9-11-30-12-10-25/h1-2,5-6,17-18,24,28-29H,3-4,7-15,23H2,(H,26,27)/t17-,18+,21?. The predicted octanol–water partition coefficient (Wildman–Crippen LogP) is 0.817. The number of unbranched alkanes of at least 4 members (excludes halogenated alkanes) is 1. The van der Waals surface area contributed by atoms with Crippen LogP contribution in [-0.2, 0) is 16.1 Å². The lowest BCUT2D eigenvalue weighted by molar-refractivity contribution is -0.148. The molecule has 1 saturated heterocycles. The van der Waals surface area contributed by atoms with Crippen LogP contribution in [-0.4, -0.2) is 66.1 Å². The fourth-order valence-electron chi connectivity index (χ4n) is 4.46. The molecule has 1 aliphatic carbocycles. The molecule has 166 valence electrons. The highest BCUT2D eigenvalue weighted by Crippen LogP contribution is 2.38. The van der Waals surface area contributed by atoms with Gasteiger partial charge in [-0.25, -0.2) is 0 Å². The molecule has 1 unspecified atom stereocenters. The Bertz CT molecular complexity index is 695. The minimum absolute atomic E-state index is 0.0685. The Morgan fingerprint density at radius 2 is 1.93 bits per heavy atom. The lowest BCUT2D eigenvalue weighted by Gasteiger charge is -2.45. The molecule has 0 spiro atoms. The molecule has 1 atom stereocenters.